The van der Waals surface area contributed by atoms with E-state index in [2.05, 4.69) is 5.32 Å². The Morgan fingerprint density at radius 1 is 1.00 bits per heavy atom. The van der Waals surface area contributed by atoms with E-state index in [0.717, 1.165) is 9.87 Å². The molecule has 0 unspecified atom stereocenters. The Labute approximate surface area is 172 Å². The fraction of sp³-hybridized carbons (Fsp3) is 0.350. The van der Waals surface area contributed by atoms with Crippen LogP contribution >= 0.6 is 0 Å². The molecule has 1 N–H and O–H groups in total. The number of nitrogens with zero attached hydrogens (tertiary/aromatic N) is 1. The molecule has 1 amide bonds. The molecule has 29 heavy (non-hydrogen) atoms. The van der Waals surface area contributed by atoms with E-state index in [4.69, 9.17) is 0 Å². The molecule has 0 radical (unpaired) electrons. The number of anilines is 1. The molecular weight excluding hydrogens is 412 g/mol. The number of aryl methyl sites for hydroxylation is 2. The summed E-state index contributed by atoms with van der Waals surface area (Å²) in [5.41, 5.74) is 1.96. The van der Waals surface area contributed by atoms with Gasteiger partial charge in [0.05, 0.1) is 10.6 Å². The van der Waals surface area contributed by atoms with Crippen LogP contribution in [0.2, 0.25) is 0 Å². The Balaban J connectivity index is 2.00. The summed E-state index contributed by atoms with van der Waals surface area (Å²) in [4.78, 5) is 12.3. The third kappa shape index (κ3) is 6.66. The predicted molar refractivity (Wildman–Crippen MR) is 114 cm³/mol. The summed E-state index contributed by atoms with van der Waals surface area (Å²) in [6, 6.07) is 13.9. The average molecular weight is 439 g/mol. The molecule has 0 fully saturated rings. The van der Waals surface area contributed by atoms with Crippen LogP contribution in [0, 0.1) is 6.92 Å². The molecule has 7 nitrogen and oxygen atoms in total. The smallest absolute Gasteiger partial charge is 0.242 e. The van der Waals surface area contributed by atoms with Crippen LogP contribution in [0.1, 0.15) is 17.5 Å². The number of rotatable bonds is 9. The number of amides is 1. The number of carbonyl (C=O) groups is 1. The van der Waals surface area contributed by atoms with Gasteiger partial charge >= 0.3 is 0 Å². The van der Waals surface area contributed by atoms with E-state index in [1.165, 1.54) is 26.2 Å². The number of hydrogen-bond acceptors (Lipinski definition) is 5. The van der Waals surface area contributed by atoms with Crippen molar-refractivity contribution in [1.82, 2.24) is 4.31 Å². The predicted octanol–water partition coefficient (Wildman–Crippen LogP) is 2.23. The van der Waals surface area contributed by atoms with Crippen molar-refractivity contribution in [2.45, 2.75) is 24.7 Å². The SMILES string of the molecule is Cc1ccc(S(=O)(=O)N(C)C)cc1NC(=O)CS(=O)(=O)CCCc1ccccc1. The van der Waals surface area contributed by atoms with Gasteiger partial charge in [-0.1, -0.05) is 36.4 Å². The molecule has 0 aliphatic carbocycles. The maximum atomic E-state index is 12.3. The third-order valence-corrected chi connectivity index (χ3v) is 7.80. The Kier molecular flexibility index (Phi) is 7.56. The number of nitrogens with one attached hydrogen (secondary N) is 1. The molecule has 0 saturated carbocycles. The normalized spacial score (nSPS) is 12.1. The van der Waals surface area contributed by atoms with E-state index >= 15 is 0 Å². The minimum absolute atomic E-state index is 0.0223. The summed E-state index contributed by atoms with van der Waals surface area (Å²) >= 11 is 0. The second kappa shape index (κ2) is 9.51. The highest BCUT2D eigenvalue weighted by Crippen LogP contribution is 2.22. The number of sulfone groups is 1. The molecule has 0 aromatic heterocycles. The van der Waals surface area contributed by atoms with Crippen molar-refractivity contribution in [3.8, 4) is 0 Å². The summed E-state index contributed by atoms with van der Waals surface area (Å²) in [5.74, 6) is -1.43. The first-order valence-electron chi connectivity index (χ1n) is 9.09. The summed E-state index contributed by atoms with van der Waals surface area (Å²) in [6.07, 6.45) is 1.04. The van der Waals surface area contributed by atoms with Crippen molar-refractivity contribution in [2.75, 3.05) is 30.9 Å². The summed E-state index contributed by atoms with van der Waals surface area (Å²) in [6.45, 7) is 1.70. The minimum Gasteiger partial charge on any atom is -0.325 e. The van der Waals surface area contributed by atoms with Crippen molar-refractivity contribution in [1.29, 1.82) is 0 Å². The minimum atomic E-state index is -3.66. The van der Waals surface area contributed by atoms with Gasteiger partial charge in [0.15, 0.2) is 9.84 Å². The summed E-state index contributed by atoms with van der Waals surface area (Å²) in [5, 5.41) is 2.52. The zero-order valence-electron chi connectivity index (χ0n) is 16.8. The van der Waals surface area contributed by atoms with Crippen LogP contribution in [0.4, 0.5) is 5.69 Å². The van der Waals surface area contributed by atoms with E-state index in [1.54, 1.807) is 13.0 Å². The highest BCUT2D eigenvalue weighted by atomic mass is 32.2. The van der Waals surface area contributed by atoms with Gasteiger partial charge in [-0.3, -0.25) is 4.79 Å². The Hall–Kier alpha value is -2.23. The molecule has 2 aromatic carbocycles. The zero-order chi connectivity index (χ0) is 21.7. The second-order valence-electron chi connectivity index (χ2n) is 6.99. The molecular formula is C20H26N2O5S2. The van der Waals surface area contributed by atoms with Gasteiger partial charge in [0, 0.05) is 19.8 Å². The van der Waals surface area contributed by atoms with Crippen molar-refractivity contribution in [3.63, 3.8) is 0 Å². The van der Waals surface area contributed by atoms with Crippen LogP contribution in [0.25, 0.3) is 0 Å². The van der Waals surface area contributed by atoms with Gasteiger partial charge in [0.2, 0.25) is 15.9 Å². The maximum absolute atomic E-state index is 12.3. The van der Waals surface area contributed by atoms with Gasteiger partial charge in [-0.2, -0.15) is 0 Å². The van der Waals surface area contributed by atoms with E-state index in [1.807, 2.05) is 30.3 Å². The number of benzene rings is 2. The Bertz CT molecular complexity index is 1060. The van der Waals surface area contributed by atoms with Crippen LogP contribution in [0.3, 0.4) is 0 Å². The first-order valence-corrected chi connectivity index (χ1v) is 12.3. The molecule has 2 rings (SSSR count). The van der Waals surface area contributed by atoms with Gasteiger partial charge < -0.3 is 5.32 Å². The average Bonchev–Trinajstić information content (AvgIpc) is 2.63. The van der Waals surface area contributed by atoms with Crippen LogP contribution < -0.4 is 5.32 Å². The van der Waals surface area contributed by atoms with Gasteiger partial charge in [-0.05, 0) is 43.0 Å². The van der Waals surface area contributed by atoms with E-state index in [9.17, 15) is 21.6 Å². The van der Waals surface area contributed by atoms with E-state index in [0.29, 0.717) is 18.4 Å². The first kappa shape index (κ1) is 23.1. The molecule has 0 aliphatic rings. The molecule has 0 spiro atoms. The summed E-state index contributed by atoms with van der Waals surface area (Å²) < 4.78 is 50.1. The lowest BCUT2D eigenvalue weighted by atomic mass is 10.1. The maximum Gasteiger partial charge on any atom is 0.242 e. The lowest BCUT2D eigenvalue weighted by molar-refractivity contribution is -0.113. The van der Waals surface area contributed by atoms with Gasteiger partial charge in [-0.15, -0.1) is 0 Å². The van der Waals surface area contributed by atoms with Gasteiger partial charge in [0.1, 0.15) is 5.75 Å². The van der Waals surface area contributed by atoms with Crippen molar-refractivity contribution in [3.05, 3.63) is 59.7 Å². The molecule has 9 heteroatoms. The van der Waals surface area contributed by atoms with Gasteiger partial charge in [-0.25, -0.2) is 21.1 Å². The lowest BCUT2D eigenvalue weighted by Crippen LogP contribution is -2.26. The fourth-order valence-corrected chi connectivity index (χ4v) is 4.83. The summed E-state index contributed by atoms with van der Waals surface area (Å²) in [7, 11) is -4.41. The quantitative estimate of drug-likeness (QED) is 0.647. The first-order chi connectivity index (χ1) is 13.5. The van der Waals surface area contributed by atoms with Gasteiger partial charge in [0.25, 0.3) is 0 Å². The van der Waals surface area contributed by atoms with Crippen LogP contribution in [0.15, 0.2) is 53.4 Å². The molecule has 0 heterocycles. The fourth-order valence-electron chi connectivity index (χ4n) is 2.71. The molecule has 0 atom stereocenters. The van der Waals surface area contributed by atoms with Crippen LogP contribution in [-0.2, 0) is 31.1 Å². The largest absolute Gasteiger partial charge is 0.325 e. The zero-order valence-corrected chi connectivity index (χ0v) is 18.4. The van der Waals surface area contributed by atoms with Crippen molar-refractivity contribution < 1.29 is 21.6 Å². The highest BCUT2D eigenvalue weighted by Gasteiger charge is 2.20. The Morgan fingerprint density at radius 3 is 2.28 bits per heavy atom. The lowest BCUT2D eigenvalue weighted by Gasteiger charge is -2.14. The van der Waals surface area contributed by atoms with Crippen LogP contribution in [-0.4, -0.2) is 52.6 Å². The van der Waals surface area contributed by atoms with Crippen LogP contribution in [0.5, 0.6) is 0 Å². The topological polar surface area (TPSA) is 101 Å². The second-order valence-corrected chi connectivity index (χ2v) is 11.3. The highest BCUT2D eigenvalue weighted by molar-refractivity contribution is 7.92. The molecule has 0 aliphatic heterocycles. The van der Waals surface area contributed by atoms with E-state index < -0.39 is 31.5 Å². The number of sulfonamides is 1. The van der Waals surface area contributed by atoms with Crippen molar-refractivity contribution >= 4 is 31.5 Å². The number of hydrogen-bond donors (Lipinski definition) is 1. The monoisotopic (exact) mass is 438 g/mol. The number of carbonyl (C=O) groups excluding carboxylic acids is 1. The molecule has 158 valence electrons. The molecule has 2 aromatic rings. The Morgan fingerprint density at radius 2 is 1.66 bits per heavy atom. The standard InChI is InChI=1S/C20H26N2O5S2/c1-16-11-12-18(29(26,27)22(2)3)14-19(16)21-20(23)15-28(24,25)13-7-10-17-8-5-4-6-9-17/h4-6,8-9,11-12,14H,7,10,13,15H2,1-3H3,(H,21,23). The third-order valence-electron chi connectivity index (χ3n) is 4.38. The van der Waals surface area contributed by atoms with E-state index in [-0.39, 0.29) is 16.3 Å². The molecule has 0 saturated heterocycles. The van der Waals surface area contributed by atoms with Crippen molar-refractivity contribution in [2.24, 2.45) is 0 Å². The molecule has 0 bridgehead atoms.